The molecule has 3 nitrogen and oxygen atoms in total. The standard InChI is InChI=1S/C17H16ClN3/c1-11-5-8-15-17(19-11)21(16(10-18)20-15)14-7-6-12-3-2-4-13(12)9-14/h5-9H,2-4,10H2,1H3. The summed E-state index contributed by atoms with van der Waals surface area (Å²) >= 11 is 6.10. The highest BCUT2D eigenvalue weighted by Gasteiger charge is 2.16. The van der Waals surface area contributed by atoms with E-state index in [0.717, 1.165) is 28.4 Å². The molecule has 0 spiro atoms. The van der Waals surface area contributed by atoms with Crippen LogP contribution in [0.5, 0.6) is 0 Å². The third kappa shape index (κ3) is 2.04. The molecule has 0 fully saturated rings. The van der Waals surface area contributed by atoms with Crippen molar-refractivity contribution in [1.29, 1.82) is 0 Å². The molecule has 0 radical (unpaired) electrons. The van der Waals surface area contributed by atoms with Crippen molar-refractivity contribution in [3.63, 3.8) is 0 Å². The van der Waals surface area contributed by atoms with Gasteiger partial charge in [0.1, 0.15) is 11.3 Å². The lowest BCUT2D eigenvalue weighted by molar-refractivity contribution is 0.911. The molecule has 0 atom stereocenters. The van der Waals surface area contributed by atoms with Gasteiger partial charge in [0.2, 0.25) is 0 Å². The Hall–Kier alpha value is -1.87. The average Bonchev–Trinajstić information content (AvgIpc) is 3.09. The fraction of sp³-hybridized carbons (Fsp3) is 0.294. The number of hydrogen-bond acceptors (Lipinski definition) is 2. The van der Waals surface area contributed by atoms with Crippen molar-refractivity contribution in [2.75, 3.05) is 0 Å². The van der Waals surface area contributed by atoms with Gasteiger partial charge in [0.25, 0.3) is 0 Å². The summed E-state index contributed by atoms with van der Waals surface area (Å²) in [6, 6.07) is 10.7. The molecule has 4 rings (SSSR count). The van der Waals surface area contributed by atoms with Crippen LogP contribution < -0.4 is 0 Å². The van der Waals surface area contributed by atoms with Gasteiger partial charge in [-0.2, -0.15) is 0 Å². The van der Waals surface area contributed by atoms with Crippen LogP contribution in [0.1, 0.15) is 29.1 Å². The van der Waals surface area contributed by atoms with Crippen LogP contribution in [0, 0.1) is 6.92 Å². The maximum atomic E-state index is 6.10. The summed E-state index contributed by atoms with van der Waals surface area (Å²) < 4.78 is 2.09. The lowest BCUT2D eigenvalue weighted by atomic mass is 10.1. The average molecular weight is 298 g/mol. The van der Waals surface area contributed by atoms with Crippen LogP contribution in [-0.2, 0) is 18.7 Å². The predicted molar refractivity (Wildman–Crippen MR) is 85.2 cm³/mol. The highest BCUT2D eigenvalue weighted by Crippen LogP contribution is 2.27. The van der Waals surface area contributed by atoms with Gasteiger partial charge in [-0.3, -0.25) is 4.57 Å². The van der Waals surface area contributed by atoms with E-state index in [1.807, 2.05) is 19.1 Å². The lowest BCUT2D eigenvalue weighted by Crippen LogP contribution is -2.01. The highest BCUT2D eigenvalue weighted by atomic mass is 35.5. The molecule has 3 aromatic rings. The summed E-state index contributed by atoms with van der Waals surface area (Å²) in [6.07, 6.45) is 3.61. The number of nitrogens with zero attached hydrogens (tertiary/aromatic N) is 3. The number of rotatable bonds is 2. The molecule has 0 aliphatic heterocycles. The normalized spacial score (nSPS) is 13.8. The van der Waals surface area contributed by atoms with E-state index in [-0.39, 0.29) is 0 Å². The van der Waals surface area contributed by atoms with Gasteiger partial charge in [0, 0.05) is 11.4 Å². The van der Waals surface area contributed by atoms with E-state index in [1.165, 1.54) is 30.4 Å². The maximum Gasteiger partial charge on any atom is 0.164 e. The topological polar surface area (TPSA) is 30.7 Å². The van der Waals surface area contributed by atoms with Crippen LogP contribution in [-0.4, -0.2) is 14.5 Å². The van der Waals surface area contributed by atoms with Crippen molar-refractivity contribution in [3.05, 3.63) is 53.0 Å². The molecular weight excluding hydrogens is 282 g/mol. The van der Waals surface area contributed by atoms with Crippen LogP contribution in [0.25, 0.3) is 16.9 Å². The number of benzene rings is 1. The van der Waals surface area contributed by atoms with Crippen LogP contribution >= 0.6 is 11.6 Å². The number of aryl methyl sites for hydroxylation is 3. The molecular formula is C17H16ClN3. The Morgan fingerprint density at radius 3 is 2.81 bits per heavy atom. The van der Waals surface area contributed by atoms with E-state index in [4.69, 9.17) is 11.6 Å². The van der Waals surface area contributed by atoms with Gasteiger partial charge in [0.15, 0.2) is 5.65 Å². The lowest BCUT2D eigenvalue weighted by Gasteiger charge is -2.09. The SMILES string of the molecule is Cc1ccc2nc(CCl)n(-c3ccc4c(c3)CCC4)c2n1. The number of aromatic nitrogens is 3. The van der Waals surface area contributed by atoms with Gasteiger partial charge in [0.05, 0.1) is 5.88 Å². The third-order valence-electron chi connectivity index (χ3n) is 4.17. The minimum absolute atomic E-state index is 0.381. The van der Waals surface area contributed by atoms with Gasteiger partial charge < -0.3 is 0 Å². The molecule has 0 unspecified atom stereocenters. The molecule has 1 aliphatic carbocycles. The Morgan fingerprint density at radius 1 is 1.10 bits per heavy atom. The van der Waals surface area contributed by atoms with Crippen molar-refractivity contribution >= 4 is 22.8 Å². The summed E-state index contributed by atoms with van der Waals surface area (Å²) in [7, 11) is 0. The molecule has 0 saturated carbocycles. The van der Waals surface area contributed by atoms with E-state index in [0.29, 0.717) is 5.88 Å². The van der Waals surface area contributed by atoms with Crippen molar-refractivity contribution < 1.29 is 0 Å². The summed E-state index contributed by atoms with van der Waals surface area (Å²) in [5, 5.41) is 0. The van der Waals surface area contributed by atoms with E-state index in [1.54, 1.807) is 0 Å². The second-order valence-electron chi connectivity index (χ2n) is 5.60. The zero-order chi connectivity index (χ0) is 14.4. The maximum absolute atomic E-state index is 6.10. The molecule has 0 saturated heterocycles. The molecule has 106 valence electrons. The summed E-state index contributed by atoms with van der Waals surface area (Å²) in [6.45, 7) is 2.00. The Morgan fingerprint density at radius 2 is 1.95 bits per heavy atom. The smallest absolute Gasteiger partial charge is 0.164 e. The zero-order valence-electron chi connectivity index (χ0n) is 11.9. The molecule has 2 heterocycles. The zero-order valence-corrected chi connectivity index (χ0v) is 12.7. The minimum atomic E-state index is 0.381. The van der Waals surface area contributed by atoms with E-state index < -0.39 is 0 Å². The number of hydrogen-bond donors (Lipinski definition) is 0. The summed E-state index contributed by atoms with van der Waals surface area (Å²) in [4.78, 5) is 9.27. The summed E-state index contributed by atoms with van der Waals surface area (Å²) in [5.74, 6) is 1.23. The van der Waals surface area contributed by atoms with E-state index in [9.17, 15) is 0 Å². The van der Waals surface area contributed by atoms with Crippen LogP contribution in [0.4, 0.5) is 0 Å². The molecule has 0 N–H and O–H groups in total. The molecule has 1 aromatic carbocycles. The Balaban J connectivity index is 1.98. The first-order valence-electron chi connectivity index (χ1n) is 7.29. The Kier molecular flexibility index (Phi) is 2.96. The van der Waals surface area contributed by atoms with Gasteiger partial charge in [-0.05, 0) is 61.6 Å². The van der Waals surface area contributed by atoms with Crippen LogP contribution in [0.15, 0.2) is 30.3 Å². The fourth-order valence-electron chi connectivity index (χ4n) is 3.16. The monoisotopic (exact) mass is 297 g/mol. The largest absolute Gasteiger partial charge is 0.280 e. The van der Waals surface area contributed by atoms with Crippen molar-refractivity contribution in [1.82, 2.24) is 14.5 Å². The molecule has 4 heteroatoms. The second kappa shape index (κ2) is 4.85. The Bertz CT molecular complexity index is 835. The van der Waals surface area contributed by atoms with E-state index in [2.05, 4.69) is 32.7 Å². The van der Waals surface area contributed by atoms with Gasteiger partial charge in [-0.1, -0.05) is 6.07 Å². The quantitative estimate of drug-likeness (QED) is 0.670. The molecule has 0 amide bonds. The van der Waals surface area contributed by atoms with Crippen molar-refractivity contribution in [3.8, 4) is 5.69 Å². The molecule has 2 aromatic heterocycles. The first-order chi connectivity index (χ1) is 10.3. The number of pyridine rings is 1. The number of alkyl halides is 1. The molecule has 21 heavy (non-hydrogen) atoms. The van der Waals surface area contributed by atoms with Crippen LogP contribution in [0.2, 0.25) is 0 Å². The van der Waals surface area contributed by atoms with E-state index >= 15 is 0 Å². The van der Waals surface area contributed by atoms with Crippen molar-refractivity contribution in [2.24, 2.45) is 0 Å². The van der Waals surface area contributed by atoms with Crippen LogP contribution in [0.3, 0.4) is 0 Å². The van der Waals surface area contributed by atoms with Gasteiger partial charge in [-0.25, -0.2) is 9.97 Å². The minimum Gasteiger partial charge on any atom is -0.280 e. The number of halogens is 1. The fourth-order valence-corrected chi connectivity index (χ4v) is 3.34. The summed E-state index contributed by atoms with van der Waals surface area (Å²) in [5.41, 5.74) is 6.82. The van der Waals surface area contributed by atoms with Gasteiger partial charge in [-0.15, -0.1) is 11.6 Å². The Labute approximate surface area is 128 Å². The molecule has 1 aliphatic rings. The highest BCUT2D eigenvalue weighted by molar-refractivity contribution is 6.16. The first kappa shape index (κ1) is 12.8. The van der Waals surface area contributed by atoms with Crippen molar-refractivity contribution in [2.45, 2.75) is 32.1 Å². The predicted octanol–water partition coefficient (Wildman–Crippen LogP) is 3.96. The number of imidazole rings is 1. The second-order valence-corrected chi connectivity index (χ2v) is 5.87. The van der Waals surface area contributed by atoms with Gasteiger partial charge >= 0.3 is 0 Å². The number of fused-ring (bicyclic) bond motifs is 2. The molecule has 0 bridgehead atoms. The first-order valence-corrected chi connectivity index (χ1v) is 7.83. The third-order valence-corrected chi connectivity index (χ3v) is 4.41.